The molecule has 2 atom stereocenters. The highest BCUT2D eigenvalue weighted by Gasteiger charge is 2.54. The number of nitrogens with zero attached hydrogens (tertiary/aromatic N) is 7. The van der Waals surface area contributed by atoms with Gasteiger partial charge in [0.2, 0.25) is 5.91 Å². The number of anilines is 1. The first-order valence-corrected chi connectivity index (χ1v) is 12.4. The standard InChI is InChI=1S/C26H27N9O2/c1-3-15-11-34(25(37)26(14-27)6-7-26)12-19(15)31-22-18(23(28)36)10-30-35-13-20(32-24(22)35)16-4-5-21-17(8-16)9-29-33(21)2/h4-5,8-10,13,15,19,31H,3,6-7,11-12H2,1-2H3,(H2,28,36)/t15-,19+/m1/s1. The van der Waals surface area contributed by atoms with E-state index in [0.29, 0.717) is 43.0 Å². The molecule has 188 valence electrons. The predicted octanol–water partition coefficient (Wildman–Crippen LogP) is 2.33. The zero-order chi connectivity index (χ0) is 25.9. The smallest absolute Gasteiger partial charge is 0.252 e. The molecular weight excluding hydrogens is 470 g/mol. The Kier molecular flexibility index (Phi) is 5.15. The summed E-state index contributed by atoms with van der Waals surface area (Å²) in [7, 11) is 1.90. The number of nitriles is 1. The minimum atomic E-state index is -0.858. The molecule has 11 heteroatoms. The molecule has 1 aromatic carbocycles. The third-order valence-corrected chi connectivity index (χ3v) is 7.76. The van der Waals surface area contributed by atoms with Crippen molar-refractivity contribution < 1.29 is 9.59 Å². The molecule has 11 nitrogen and oxygen atoms in total. The normalized spacial score (nSPS) is 20.3. The summed E-state index contributed by atoms with van der Waals surface area (Å²) in [6.07, 6.45) is 7.13. The van der Waals surface area contributed by atoms with Crippen LogP contribution in [0, 0.1) is 22.7 Å². The van der Waals surface area contributed by atoms with Crippen LogP contribution in [0.1, 0.15) is 36.5 Å². The number of primary amides is 1. The van der Waals surface area contributed by atoms with Crippen LogP contribution in [-0.4, -0.2) is 60.2 Å². The topological polar surface area (TPSA) is 147 Å². The average Bonchev–Trinajstić information content (AvgIpc) is 3.21. The van der Waals surface area contributed by atoms with E-state index in [2.05, 4.69) is 28.5 Å². The summed E-state index contributed by atoms with van der Waals surface area (Å²) in [6, 6.07) is 8.07. The van der Waals surface area contributed by atoms with E-state index in [1.54, 1.807) is 15.6 Å². The second-order valence-corrected chi connectivity index (χ2v) is 10.1. The summed E-state index contributed by atoms with van der Waals surface area (Å²) in [6.45, 7) is 3.08. The number of benzene rings is 1. The maximum Gasteiger partial charge on any atom is 0.252 e. The molecular formula is C26H27N9O2. The highest BCUT2D eigenvalue weighted by Crippen LogP contribution is 2.47. The lowest BCUT2D eigenvalue weighted by molar-refractivity contribution is -0.134. The van der Waals surface area contributed by atoms with Crippen LogP contribution in [0.3, 0.4) is 0 Å². The highest BCUT2D eigenvalue weighted by molar-refractivity contribution is 6.01. The second-order valence-electron chi connectivity index (χ2n) is 10.1. The summed E-state index contributed by atoms with van der Waals surface area (Å²) >= 11 is 0. The molecule has 2 aliphatic rings. The van der Waals surface area contributed by atoms with Gasteiger partial charge in [-0.05, 0) is 37.3 Å². The molecule has 0 unspecified atom stereocenters. The van der Waals surface area contributed by atoms with Crippen LogP contribution < -0.4 is 11.1 Å². The minimum Gasteiger partial charge on any atom is -0.376 e. The number of nitrogens with one attached hydrogen (secondary N) is 1. The Morgan fingerprint density at radius 2 is 2.05 bits per heavy atom. The first-order valence-electron chi connectivity index (χ1n) is 12.4. The Morgan fingerprint density at radius 3 is 2.76 bits per heavy atom. The predicted molar refractivity (Wildman–Crippen MR) is 136 cm³/mol. The first kappa shape index (κ1) is 23.0. The summed E-state index contributed by atoms with van der Waals surface area (Å²) in [5.41, 5.74) is 8.68. The van der Waals surface area contributed by atoms with Crippen molar-refractivity contribution in [1.82, 2.24) is 29.3 Å². The Bertz CT molecular complexity index is 1610. The number of aryl methyl sites for hydroxylation is 1. The third-order valence-electron chi connectivity index (χ3n) is 7.76. The lowest BCUT2D eigenvalue weighted by atomic mass is 10.0. The molecule has 2 amide bonds. The lowest BCUT2D eigenvalue weighted by Crippen LogP contribution is -2.36. The Morgan fingerprint density at radius 1 is 1.24 bits per heavy atom. The van der Waals surface area contributed by atoms with Gasteiger partial charge in [-0.15, -0.1) is 0 Å². The van der Waals surface area contributed by atoms with Crippen molar-refractivity contribution in [2.24, 2.45) is 24.1 Å². The van der Waals surface area contributed by atoms with Gasteiger partial charge in [-0.3, -0.25) is 14.3 Å². The Balaban J connectivity index is 1.36. The van der Waals surface area contributed by atoms with Gasteiger partial charge in [-0.25, -0.2) is 9.50 Å². The number of imidazole rings is 1. The summed E-state index contributed by atoms with van der Waals surface area (Å²) < 4.78 is 3.44. The second kappa shape index (κ2) is 8.30. The van der Waals surface area contributed by atoms with E-state index in [4.69, 9.17) is 10.7 Å². The number of hydrogen-bond donors (Lipinski definition) is 2. The van der Waals surface area contributed by atoms with Gasteiger partial charge in [-0.2, -0.15) is 15.5 Å². The fourth-order valence-corrected chi connectivity index (χ4v) is 5.33. The minimum absolute atomic E-state index is 0.0957. The number of hydrogen-bond acceptors (Lipinski definition) is 7. The van der Waals surface area contributed by atoms with Gasteiger partial charge in [0.05, 0.1) is 47.1 Å². The van der Waals surface area contributed by atoms with Gasteiger partial charge in [-0.1, -0.05) is 13.0 Å². The molecule has 3 N–H and O–H groups in total. The number of likely N-dealkylation sites (tertiary alicyclic amines) is 1. The molecule has 4 aromatic rings. The summed E-state index contributed by atoms with van der Waals surface area (Å²) in [5, 5.41) is 22.7. The molecule has 6 rings (SSSR count). The van der Waals surface area contributed by atoms with Gasteiger partial charge < -0.3 is 16.0 Å². The number of fused-ring (bicyclic) bond motifs is 2. The monoisotopic (exact) mass is 497 g/mol. The van der Waals surface area contributed by atoms with Crippen molar-refractivity contribution in [3.8, 4) is 17.3 Å². The largest absolute Gasteiger partial charge is 0.376 e. The van der Waals surface area contributed by atoms with E-state index in [1.165, 1.54) is 6.20 Å². The highest BCUT2D eigenvalue weighted by atomic mass is 16.2. The van der Waals surface area contributed by atoms with Crippen molar-refractivity contribution in [2.45, 2.75) is 32.2 Å². The molecule has 3 aromatic heterocycles. The van der Waals surface area contributed by atoms with Crippen LogP contribution in [0.15, 0.2) is 36.8 Å². The van der Waals surface area contributed by atoms with E-state index in [0.717, 1.165) is 22.9 Å². The number of nitrogens with two attached hydrogens (primary N) is 1. The van der Waals surface area contributed by atoms with E-state index in [1.807, 2.05) is 36.1 Å². The van der Waals surface area contributed by atoms with Crippen LogP contribution in [-0.2, 0) is 11.8 Å². The van der Waals surface area contributed by atoms with Crippen LogP contribution in [0.5, 0.6) is 0 Å². The molecule has 1 aliphatic carbocycles. The first-order chi connectivity index (χ1) is 17.8. The third kappa shape index (κ3) is 3.67. The Labute approximate surface area is 212 Å². The molecule has 0 radical (unpaired) electrons. The number of aromatic nitrogens is 5. The molecule has 1 saturated heterocycles. The molecule has 0 spiro atoms. The maximum absolute atomic E-state index is 13.0. The van der Waals surface area contributed by atoms with E-state index >= 15 is 0 Å². The number of carbonyl (C=O) groups excluding carboxylic acids is 2. The molecule has 1 aliphatic heterocycles. The zero-order valence-electron chi connectivity index (χ0n) is 20.7. The van der Waals surface area contributed by atoms with Crippen molar-refractivity contribution in [3.63, 3.8) is 0 Å². The van der Waals surface area contributed by atoms with E-state index < -0.39 is 11.3 Å². The van der Waals surface area contributed by atoms with Crippen LogP contribution >= 0.6 is 0 Å². The maximum atomic E-state index is 13.0. The van der Waals surface area contributed by atoms with Gasteiger partial charge >= 0.3 is 0 Å². The molecule has 0 bridgehead atoms. The zero-order valence-corrected chi connectivity index (χ0v) is 20.7. The average molecular weight is 498 g/mol. The fourth-order valence-electron chi connectivity index (χ4n) is 5.33. The summed E-state index contributed by atoms with van der Waals surface area (Å²) in [4.78, 5) is 32.0. The van der Waals surface area contributed by atoms with Crippen molar-refractivity contribution in [3.05, 3.63) is 42.4 Å². The van der Waals surface area contributed by atoms with Crippen molar-refractivity contribution >= 4 is 34.1 Å². The molecule has 2 fully saturated rings. The van der Waals surface area contributed by atoms with Gasteiger partial charge in [0.1, 0.15) is 5.41 Å². The van der Waals surface area contributed by atoms with Crippen molar-refractivity contribution in [1.29, 1.82) is 5.26 Å². The molecule has 37 heavy (non-hydrogen) atoms. The fraction of sp³-hybridized carbons (Fsp3) is 0.385. The van der Waals surface area contributed by atoms with E-state index in [-0.39, 0.29) is 23.4 Å². The van der Waals surface area contributed by atoms with Crippen LogP contribution in [0.2, 0.25) is 0 Å². The quantitative estimate of drug-likeness (QED) is 0.415. The number of amides is 2. The van der Waals surface area contributed by atoms with Crippen LogP contribution in [0.25, 0.3) is 27.8 Å². The SMILES string of the molecule is CC[C@@H]1CN(C(=O)C2(C#N)CC2)C[C@@H]1Nc1c(C(N)=O)cnn2cc(-c3ccc4c(cnn4C)c3)nc12. The van der Waals surface area contributed by atoms with Gasteiger partial charge in [0.25, 0.3) is 5.91 Å². The lowest BCUT2D eigenvalue weighted by Gasteiger charge is -2.21. The molecule has 1 saturated carbocycles. The summed E-state index contributed by atoms with van der Waals surface area (Å²) in [5.74, 6) is -0.560. The Hall–Kier alpha value is -4.46. The van der Waals surface area contributed by atoms with Gasteiger partial charge in [0.15, 0.2) is 5.65 Å². The number of rotatable bonds is 6. The molecule has 4 heterocycles. The van der Waals surface area contributed by atoms with E-state index in [9.17, 15) is 14.9 Å². The van der Waals surface area contributed by atoms with Crippen molar-refractivity contribution in [2.75, 3.05) is 18.4 Å². The van der Waals surface area contributed by atoms with Gasteiger partial charge in [0, 0.05) is 37.1 Å². The number of carbonyl (C=O) groups is 2. The van der Waals surface area contributed by atoms with Crippen LogP contribution in [0.4, 0.5) is 5.69 Å².